The maximum atomic E-state index is 4.56. The third kappa shape index (κ3) is 6.12. The van der Waals surface area contributed by atoms with Gasteiger partial charge in [-0.05, 0) is 31.6 Å². The van der Waals surface area contributed by atoms with Gasteiger partial charge < -0.3 is 0 Å². The maximum Gasteiger partial charge on any atom is 0.0633 e. The average molecular weight is 317 g/mol. The summed E-state index contributed by atoms with van der Waals surface area (Å²) in [6, 6.07) is 8.25. The molecule has 2 heteroatoms. The molecule has 0 N–H and O–H groups in total. The van der Waals surface area contributed by atoms with Crippen LogP contribution in [-0.2, 0) is 17.1 Å². The molecule has 1 aromatic rings. The molecule has 1 nitrogen and oxygen atoms in total. The summed E-state index contributed by atoms with van der Waals surface area (Å²) in [5.74, 6) is 0. The van der Waals surface area contributed by atoms with Crippen LogP contribution in [-0.4, -0.2) is 5.71 Å². The van der Waals surface area contributed by atoms with Gasteiger partial charge in [-0.2, -0.15) is 0 Å². The Labute approximate surface area is 138 Å². The zero-order chi connectivity index (χ0) is 14.2. The summed E-state index contributed by atoms with van der Waals surface area (Å²) in [5, 5.41) is 0. The number of hydrogen-bond acceptors (Lipinski definition) is 1. The van der Waals surface area contributed by atoms with Crippen molar-refractivity contribution in [2.24, 2.45) is 4.99 Å². The zero-order valence-electron chi connectivity index (χ0n) is 12.3. The van der Waals surface area contributed by atoms with E-state index in [1.165, 1.54) is 11.1 Å². The molecule has 0 aromatic heterocycles. The minimum Gasteiger partial charge on any atom is -0.253 e. The number of allylic oxidation sites excluding steroid dienone is 8. The first-order valence-corrected chi connectivity index (χ1v) is 6.76. The van der Waals surface area contributed by atoms with Crippen LogP contribution in [0.15, 0.2) is 77.4 Å². The third-order valence-electron chi connectivity index (χ3n) is 2.97. The SMILES string of the molecule is CC(=Nc1ccc(C)cc1)C1=CC=C[CH]1.[CH]1C=CC=C1.[Fe]. The second-order valence-corrected chi connectivity index (χ2v) is 4.67. The first-order chi connectivity index (χ1) is 9.75. The summed E-state index contributed by atoms with van der Waals surface area (Å²) in [5.41, 5.74) is 4.53. The molecule has 0 saturated carbocycles. The summed E-state index contributed by atoms with van der Waals surface area (Å²) >= 11 is 0. The monoisotopic (exact) mass is 317 g/mol. The van der Waals surface area contributed by atoms with Crippen LogP contribution in [0, 0.1) is 19.8 Å². The van der Waals surface area contributed by atoms with Crippen molar-refractivity contribution in [2.45, 2.75) is 13.8 Å². The van der Waals surface area contributed by atoms with Crippen LogP contribution in [0.4, 0.5) is 5.69 Å². The standard InChI is InChI=1S/C14H14N.C5H5.Fe/c1-11-7-9-14(10-8-11)15-12(2)13-5-3-4-6-13;1-2-4-5-3-1;/h3-10H,1-2H3;1-5H;. The molecule has 0 heterocycles. The fourth-order valence-electron chi connectivity index (χ4n) is 1.81. The minimum absolute atomic E-state index is 0. The normalized spacial score (nSPS) is 15.3. The van der Waals surface area contributed by atoms with Crippen molar-refractivity contribution < 1.29 is 17.1 Å². The zero-order valence-corrected chi connectivity index (χ0v) is 13.4. The van der Waals surface area contributed by atoms with Gasteiger partial charge in [-0.25, -0.2) is 0 Å². The Bertz CT molecular complexity index is 576. The van der Waals surface area contributed by atoms with Crippen LogP contribution < -0.4 is 0 Å². The maximum absolute atomic E-state index is 4.56. The van der Waals surface area contributed by atoms with E-state index in [1.54, 1.807) is 0 Å². The predicted octanol–water partition coefficient (Wildman–Crippen LogP) is 5.10. The van der Waals surface area contributed by atoms with Crippen molar-refractivity contribution in [3.8, 4) is 0 Å². The quantitative estimate of drug-likeness (QED) is 0.531. The van der Waals surface area contributed by atoms with Crippen LogP contribution >= 0.6 is 0 Å². The fourth-order valence-corrected chi connectivity index (χ4v) is 1.81. The molecule has 0 fully saturated rings. The minimum atomic E-state index is 0. The Balaban J connectivity index is 0.000000313. The van der Waals surface area contributed by atoms with Crippen LogP contribution in [0.25, 0.3) is 0 Å². The first-order valence-electron chi connectivity index (χ1n) is 6.76. The Morgan fingerprint density at radius 2 is 1.52 bits per heavy atom. The van der Waals surface area contributed by atoms with Gasteiger partial charge in [0.05, 0.1) is 5.69 Å². The summed E-state index contributed by atoms with van der Waals surface area (Å²) in [4.78, 5) is 4.56. The van der Waals surface area contributed by atoms with Crippen molar-refractivity contribution in [3.63, 3.8) is 0 Å². The number of benzene rings is 1. The van der Waals surface area contributed by atoms with Gasteiger partial charge in [0, 0.05) is 35.6 Å². The van der Waals surface area contributed by atoms with E-state index in [9.17, 15) is 0 Å². The van der Waals surface area contributed by atoms with Gasteiger partial charge in [-0.1, -0.05) is 60.2 Å². The van der Waals surface area contributed by atoms with Crippen LogP contribution in [0.2, 0.25) is 0 Å². The molecule has 0 atom stereocenters. The van der Waals surface area contributed by atoms with Gasteiger partial charge in [-0.3, -0.25) is 4.99 Å². The van der Waals surface area contributed by atoms with Gasteiger partial charge in [0.25, 0.3) is 0 Å². The summed E-state index contributed by atoms with van der Waals surface area (Å²) in [6.45, 7) is 4.12. The van der Waals surface area contributed by atoms with Crippen LogP contribution in [0.1, 0.15) is 12.5 Å². The molecule has 0 spiro atoms. The fraction of sp³-hybridized carbons (Fsp3) is 0.105. The second-order valence-electron chi connectivity index (χ2n) is 4.67. The molecule has 3 rings (SSSR count). The van der Waals surface area contributed by atoms with E-state index in [2.05, 4.69) is 36.5 Å². The second kappa shape index (κ2) is 9.33. The molecule has 2 aliphatic rings. The van der Waals surface area contributed by atoms with Gasteiger partial charge in [0.15, 0.2) is 0 Å². The van der Waals surface area contributed by atoms with E-state index in [0.29, 0.717) is 0 Å². The molecule has 108 valence electrons. The summed E-state index contributed by atoms with van der Waals surface area (Å²) < 4.78 is 0. The Morgan fingerprint density at radius 3 is 2.00 bits per heavy atom. The van der Waals surface area contributed by atoms with Crippen molar-refractivity contribution in [1.29, 1.82) is 0 Å². The van der Waals surface area contributed by atoms with Gasteiger partial charge >= 0.3 is 0 Å². The summed E-state index contributed by atoms with van der Waals surface area (Å²) in [6.07, 6.45) is 18.2. The van der Waals surface area contributed by atoms with E-state index in [1.807, 2.05) is 61.9 Å². The van der Waals surface area contributed by atoms with Gasteiger partial charge in [0.2, 0.25) is 0 Å². The molecule has 0 saturated heterocycles. The van der Waals surface area contributed by atoms with E-state index in [-0.39, 0.29) is 17.1 Å². The predicted molar refractivity (Wildman–Crippen MR) is 88.1 cm³/mol. The van der Waals surface area contributed by atoms with Crippen molar-refractivity contribution in [2.75, 3.05) is 0 Å². The van der Waals surface area contributed by atoms with E-state index < -0.39 is 0 Å². The summed E-state index contributed by atoms with van der Waals surface area (Å²) in [7, 11) is 0. The number of aliphatic imine (C=N–C) groups is 1. The van der Waals surface area contributed by atoms with E-state index >= 15 is 0 Å². The average Bonchev–Trinajstić information content (AvgIpc) is 3.17. The molecular weight excluding hydrogens is 298 g/mol. The van der Waals surface area contributed by atoms with Gasteiger partial charge in [0.1, 0.15) is 0 Å². The number of aryl methyl sites for hydroxylation is 1. The molecule has 2 radical (unpaired) electrons. The Morgan fingerprint density at radius 1 is 0.857 bits per heavy atom. The molecule has 21 heavy (non-hydrogen) atoms. The van der Waals surface area contributed by atoms with Crippen molar-refractivity contribution >= 4 is 11.4 Å². The third-order valence-corrected chi connectivity index (χ3v) is 2.97. The molecule has 0 unspecified atom stereocenters. The van der Waals surface area contributed by atoms with Crippen molar-refractivity contribution in [1.82, 2.24) is 0 Å². The smallest absolute Gasteiger partial charge is 0.0633 e. The van der Waals surface area contributed by atoms with E-state index in [0.717, 1.165) is 11.4 Å². The number of rotatable bonds is 2. The van der Waals surface area contributed by atoms with E-state index in [4.69, 9.17) is 0 Å². The molecule has 0 aliphatic heterocycles. The Hall–Kier alpha value is -1.63. The van der Waals surface area contributed by atoms with Gasteiger partial charge in [-0.15, -0.1) is 0 Å². The van der Waals surface area contributed by atoms with Crippen LogP contribution in [0.5, 0.6) is 0 Å². The van der Waals surface area contributed by atoms with Crippen LogP contribution in [0.3, 0.4) is 0 Å². The Kier molecular flexibility index (Phi) is 7.74. The number of nitrogens with zero attached hydrogens (tertiary/aromatic N) is 1. The molecule has 0 amide bonds. The molecular formula is C19H19FeN. The molecule has 0 bridgehead atoms. The topological polar surface area (TPSA) is 12.4 Å². The van der Waals surface area contributed by atoms with Crippen molar-refractivity contribution in [3.05, 3.63) is 90.8 Å². The molecule has 1 aromatic carbocycles. The first kappa shape index (κ1) is 17.4. The number of hydrogen-bond donors (Lipinski definition) is 0. The largest absolute Gasteiger partial charge is 0.253 e. The molecule has 2 aliphatic carbocycles.